The number of methoxy groups -OCH3 is 1. The van der Waals surface area contributed by atoms with E-state index in [-0.39, 0.29) is 0 Å². The number of hydrogen-bond acceptors (Lipinski definition) is 3. The van der Waals surface area contributed by atoms with Crippen molar-refractivity contribution in [2.24, 2.45) is 11.8 Å². The van der Waals surface area contributed by atoms with Crippen LogP contribution in [0.25, 0.3) is 0 Å². The topological polar surface area (TPSA) is 24.5 Å². The summed E-state index contributed by atoms with van der Waals surface area (Å²) in [6.45, 7) is 12.4. The molecule has 1 N–H and O–H groups in total. The highest BCUT2D eigenvalue weighted by Gasteiger charge is 2.25. The Morgan fingerprint density at radius 3 is 2.81 bits per heavy atom. The standard InChI is InChI=1S/C13H28N2O/c1-5-14-13-6-7-15(9-12(13)3)8-11(2)10-16-4/h11-14H,5-10H2,1-4H3. The SMILES string of the molecule is CCNC1CCN(CC(C)COC)CC1C. The van der Waals surface area contributed by atoms with Gasteiger partial charge in [-0.3, -0.25) is 0 Å². The third kappa shape index (κ3) is 4.40. The fourth-order valence-electron chi connectivity index (χ4n) is 2.74. The molecule has 1 saturated heterocycles. The Hall–Kier alpha value is -0.120. The Labute approximate surface area is 101 Å². The zero-order valence-electron chi connectivity index (χ0n) is 11.3. The number of likely N-dealkylation sites (tertiary alicyclic amines) is 1. The number of hydrogen-bond donors (Lipinski definition) is 1. The number of nitrogens with one attached hydrogen (secondary N) is 1. The van der Waals surface area contributed by atoms with Gasteiger partial charge in [0.1, 0.15) is 0 Å². The van der Waals surface area contributed by atoms with E-state index in [1.807, 2.05) is 0 Å². The molecule has 0 saturated carbocycles. The van der Waals surface area contributed by atoms with E-state index >= 15 is 0 Å². The maximum absolute atomic E-state index is 5.19. The number of nitrogens with zero attached hydrogens (tertiary/aromatic N) is 1. The minimum absolute atomic E-state index is 0.646. The Morgan fingerprint density at radius 2 is 2.25 bits per heavy atom. The van der Waals surface area contributed by atoms with Gasteiger partial charge in [0.2, 0.25) is 0 Å². The molecule has 0 aliphatic carbocycles. The maximum atomic E-state index is 5.19. The van der Waals surface area contributed by atoms with Gasteiger partial charge in [-0.2, -0.15) is 0 Å². The van der Waals surface area contributed by atoms with E-state index in [2.05, 4.69) is 31.0 Å². The van der Waals surface area contributed by atoms with Crippen LogP contribution < -0.4 is 5.32 Å². The summed E-state index contributed by atoms with van der Waals surface area (Å²) >= 11 is 0. The Kier molecular flexibility index (Phi) is 6.32. The molecule has 1 heterocycles. The largest absolute Gasteiger partial charge is 0.384 e. The van der Waals surface area contributed by atoms with Gasteiger partial charge < -0.3 is 15.0 Å². The number of ether oxygens (including phenoxy) is 1. The molecule has 0 aromatic heterocycles. The molecule has 1 aliphatic rings. The molecule has 1 rings (SSSR count). The predicted octanol–water partition coefficient (Wildman–Crippen LogP) is 1.59. The first kappa shape index (κ1) is 13.9. The summed E-state index contributed by atoms with van der Waals surface area (Å²) in [5.74, 6) is 1.41. The quantitative estimate of drug-likeness (QED) is 0.747. The fourth-order valence-corrected chi connectivity index (χ4v) is 2.74. The molecule has 3 nitrogen and oxygen atoms in total. The summed E-state index contributed by atoms with van der Waals surface area (Å²) in [5, 5.41) is 3.58. The second-order valence-corrected chi connectivity index (χ2v) is 5.25. The lowest BCUT2D eigenvalue weighted by atomic mass is 9.93. The summed E-state index contributed by atoms with van der Waals surface area (Å²) in [7, 11) is 1.79. The Balaban J connectivity index is 2.28. The zero-order chi connectivity index (χ0) is 12.0. The average molecular weight is 228 g/mol. The zero-order valence-corrected chi connectivity index (χ0v) is 11.3. The first-order chi connectivity index (χ1) is 7.67. The summed E-state index contributed by atoms with van der Waals surface area (Å²) in [5.41, 5.74) is 0. The molecule has 1 fully saturated rings. The molecule has 16 heavy (non-hydrogen) atoms. The van der Waals surface area contributed by atoms with E-state index in [1.54, 1.807) is 7.11 Å². The van der Waals surface area contributed by atoms with Crippen LogP contribution >= 0.6 is 0 Å². The molecule has 1 aliphatic heterocycles. The van der Waals surface area contributed by atoms with E-state index in [9.17, 15) is 0 Å². The minimum atomic E-state index is 0.646. The van der Waals surface area contributed by atoms with Crippen molar-refractivity contribution in [2.75, 3.05) is 39.9 Å². The molecule has 0 aromatic carbocycles. The molecular weight excluding hydrogens is 200 g/mol. The van der Waals surface area contributed by atoms with Gasteiger partial charge in [-0.1, -0.05) is 20.8 Å². The van der Waals surface area contributed by atoms with E-state index in [0.29, 0.717) is 5.92 Å². The number of piperidine rings is 1. The highest BCUT2D eigenvalue weighted by atomic mass is 16.5. The van der Waals surface area contributed by atoms with Crippen molar-refractivity contribution in [1.82, 2.24) is 10.2 Å². The van der Waals surface area contributed by atoms with E-state index < -0.39 is 0 Å². The van der Waals surface area contributed by atoms with Crippen LogP contribution in [0.4, 0.5) is 0 Å². The van der Waals surface area contributed by atoms with Crippen LogP contribution in [0.2, 0.25) is 0 Å². The predicted molar refractivity (Wildman–Crippen MR) is 68.7 cm³/mol. The van der Waals surface area contributed by atoms with Crippen molar-refractivity contribution in [3.05, 3.63) is 0 Å². The van der Waals surface area contributed by atoms with E-state index in [1.165, 1.54) is 26.1 Å². The lowest BCUT2D eigenvalue weighted by molar-refractivity contribution is 0.0961. The van der Waals surface area contributed by atoms with Gasteiger partial charge in [-0.15, -0.1) is 0 Å². The molecule has 3 atom stereocenters. The van der Waals surface area contributed by atoms with Gasteiger partial charge in [-0.25, -0.2) is 0 Å². The molecule has 0 bridgehead atoms. The van der Waals surface area contributed by atoms with E-state index in [0.717, 1.165) is 25.1 Å². The molecule has 0 spiro atoms. The van der Waals surface area contributed by atoms with Crippen molar-refractivity contribution in [2.45, 2.75) is 33.2 Å². The van der Waals surface area contributed by atoms with Crippen molar-refractivity contribution < 1.29 is 4.74 Å². The molecular formula is C13H28N2O. The van der Waals surface area contributed by atoms with Crippen molar-refractivity contribution in [3.63, 3.8) is 0 Å². The second-order valence-electron chi connectivity index (χ2n) is 5.25. The molecule has 96 valence electrons. The van der Waals surface area contributed by atoms with Gasteiger partial charge in [0.15, 0.2) is 0 Å². The smallest absolute Gasteiger partial charge is 0.0500 e. The highest BCUT2D eigenvalue weighted by Crippen LogP contribution is 2.17. The van der Waals surface area contributed by atoms with Gasteiger partial charge in [0.05, 0.1) is 0 Å². The summed E-state index contributed by atoms with van der Waals surface area (Å²) in [6.07, 6.45) is 1.29. The van der Waals surface area contributed by atoms with Gasteiger partial charge in [0, 0.05) is 32.8 Å². The second kappa shape index (κ2) is 7.25. The molecule has 3 heteroatoms. The van der Waals surface area contributed by atoms with Crippen LogP contribution in [-0.2, 0) is 4.74 Å². The normalized spacial score (nSPS) is 29.2. The summed E-state index contributed by atoms with van der Waals surface area (Å²) in [4.78, 5) is 2.59. The molecule has 0 amide bonds. The summed E-state index contributed by atoms with van der Waals surface area (Å²) < 4.78 is 5.19. The Morgan fingerprint density at radius 1 is 1.50 bits per heavy atom. The van der Waals surface area contributed by atoms with Gasteiger partial charge >= 0.3 is 0 Å². The minimum Gasteiger partial charge on any atom is -0.384 e. The number of rotatable bonds is 6. The van der Waals surface area contributed by atoms with Crippen LogP contribution in [0, 0.1) is 11.8 Å². The molecule has 3 unspecified atom stereocenters. The maximum Gasteiger partial charge on any atom is 0.0500 e. The monoisotopic (exact) mass is 228 g/mol. The lowest BCUT2D eigenvalue weighted by Gasteiger charge is -2.38. The van der Waals surface area contributed by atoms with Crippen LogP contribution in [0.5, 0.6) is 0 Å². The first-order valence-corrected chi connectivity index (χ1v) is 6.62. The van der Waals surface area contributed by atoms with Crippen molar-refractivity contribution >= 4 is 0 Å². The molecule has 0 aromatic rings. The summed E-state index contributed by atoms with van der Waals surface area (Å²) in [6, 6.07) is 0.721. The highest BCUT2D eigenvalue weighted by molar-refractivity contribution is 4.82. The lowest BCUT2D eigenvalue weighted by Crippen LogP contribution is -2.49. The van der Waals surface area contributed by atoms with Crippen LogP contribution in [0.15, 0.2) is 0 Å². The third-order valence-electron chi connectivity index (χ3n) is 3.48. The third-order valence-corrected chi connectivity index (χ3v) is 3.48. The Bertz CT molecular complexity index is 187. The van der Waals surface area contributed by atoms with Crippen LogP contribution in [-0.4, -0.2) is 50.8 Å². The molecule has 0 radical (unpaired) electrons. The van der Waals surface area contributed by atoms with Gasteiger partial charge in [-0.05, 0) is 31.3 Å². The van der Waals surface area contributed by atoms with E-state index in [4.69, 9.17) is 4.74 Å². The average Bonchev–Trinajstić information content (AvgIpc) is 2.22. The van der Waals surface area contributed by atoms with Crippen LogP contribution in [0.1, 0.15) is 27.2 Å². The van der Waals surface area contributed by atoms with Crippen LogP contribution in [0.3, 0.4) is 0 Å². The fraction of sp³-hybridized carbons (Fsp3) is 1.00. The van der Waals surface area contributed by atoms with Crippen molar-refractivity contribution in [3.8, 4) is 0 Å². The van der Waals surface area contributed by atoms with Crippen molar-refractivity contribution in [1.29, 1.82) is 0 Å². The first-order valence-electron chi connectivity index (χ1n) is 6.62. The van der Waals surface area contributed by atoms with Gasteiger partial charge in [0.25, 0.3) is 0 Å².